The lowest BCUT2D eigenvalue weighted by Gasteiger charge is -2.29. The molecule has 0 aliphatic carbocycles. The number of nitrogens with one attached hydrogen (secondary N) is 1. The number of amides is 3. The zero-order valence-electron chi connectivity index (χ0n) is 15.3. The van der Waals surface area contributed by atoms with Gasteiger partial charge in [-0.3, -0.25) is 19.3 Å². The Hall–Kier alpha value is -1.69. The summed E-state index contributed by atoms with van der Waals surface area (Å²) in [5.41, 5.74) is -0.243. The molecule has 136 valence electrons. The molecule has 6 nitrogen and oxygen atoms in total. The second-order valence-electron chi connectivity index (χ2n) is 6.85. The highest BCUT2D eigenvalue weighted by molar-refractivity contribution is 6.13. The van der Waals surface area contributed by atoms with E-state index in [-0.39, 0.29) is 36.3 Å². The molecule has 1 rings (SSSR count). The fraction of sp³-hybridized carbons (Fsp3) is 0.722. The third-order valence-corrected chi connectivity index (χ3v) is 4.33. The van der Waals surface area contributed by atoms with Gasteiger partial charge < -0.3 is 10.1 Å². The van der Waals surface area contributed by atoms with E-state index in [1.165, 1.54) is 12.2 Å². The van der Waals surface area contributed by atoms with Gasteiger partial charge in [-0.15, -0.1) is 0 Å². The molecule has 0 aromatic heterocycles. The van der Waals surface area contributed by atoms with E-state index in [0.717, 1.165) is 30.8 Å². The highest BCUT2D eigenvalue weighted by Crippen LogP contribution is 2.20. The Morgan fingerprint density at radius 1 is 1.29 bits per heavy atom. The SMILES string of the molecule is CCC(C)(CCNC(=O)CCN1C(=O)C=CC1=O)OCCC(C)C. The summed E-state index contributed by atoms with van der Waals surface area (Å²) in [6, 6.07) is 0. The molecule has 1 atom stereocenters. The second-order valence-corrected chi connectivity index (χ2v) is 6.85. The van der Waals surface area contributed by atoms with Crippen molar-refractivity contribution in [3.05, 3.63) is 12.2 Å². The molecule has 0 aromatic carbocycles. The quantitative estimate of drug-likeness (QED) is 0.585. The molecular weight excluding hydrogens is 308 g/mol. The third-order valence-electron chi connectivity index (χ3n) is 4.33. The minimum absolute atomic E-state index is 0.117. The van der Waals surface area contributed by atoms with Crippen LogP contribution in [0.15, 0.2) is 12.2 Å². The minimum Gasteiger partial charge on any atom is -0.375 e. The third kappa shape index (κ3) is 6.83. The van der Waals surface area contributed by atoms with E-state index >= 15 is 0 Å². The molecule has 24 heavy (non-hydrogen) atoms. The van der Waals surface area contributed by atoms with Crippen LogP contribution in [0, 0.1) is 5.92 Å². The van der Waals surface area contributed by atoms with Gasteiger partial charge >= 0.3 is 0 Å². The number of rotatable bonds is 11. The van der Waals surface area contributed by atoms with E-state index in [4.69, 9.17) is 4.74 Å². The van der Waals surface area contributed by atoms with Crippen molar-refractivity contribution in [3.63, 3.8) is 0 Å². The lowest BCUT2D eigenvalue weighted by Crippen LogP contribution is -2.37. The molecule has 1 aliphatic rings. The molecule has 1 aliphatic heterocycles. The molecule has 0 bridgehead atoms. The lowest BCUT2D eigenvalue weighted by molar-refractivity contribution is -0.137. The molecule has 0 fully saturated rings. The molecule has 0 spiro atoms. The largest absolute Gasteiger partial charge is 0.375 e. The number of hydrogen-bond donors (Lipinski definition) is 1. The smallest absolute Gasteiger partial charge is 0.253 e. The van der Waals surface area contributed by atoms with Gasteiger partial charge in [-0.2, -0.15) is 0 Å². The summed E-state index contributed by atoms with van der Waals surface area (Å²) in [5.74, 6) is -0.269. The van der Waals surface area contributed by atoms with Gasteiger partial charge in [-0.1, -0.05) is 20.8 Å². The highest BCUT2D eigenvalue weighted by Gasteiger charge is 2.25. The van der Waals surface area contributed by atoms with Crippen LogP contribution in [0.3, 0.4) is 0 Å². The lowest BCUT2D eigenvalue weighted by atomic mass is 9.98. The number of carbonyl (C=O) groups is 3. The Morgan fingerprint density at radius 3 is 2.46 bits per heavy atom. The molecule has 6 heteroatoms. The van der Waals surface area contributed by atoms with Gasteiger partial charge in [0.05, 0.1) is 5.60 Å². The number of ether oxygens (including phenoxy) is 1. The Bertz CT molecular complexity index is 469. The normalized spacial score (nSPS) is 16.8. The van der Waals surface area contributed by atoms with Gasteiger partial charge in [0.25, 0.3) is 11.8 Å². The van der Waals surface area contributed by atoms with Crippen molar-refractivity contribution in [2.75, 3.05) is 19.7 Å². The number of hydrogen-bond acceptors (Lipinski definition) is 4. The van der Waals surface area contributed by atoms with Crippen molar-refractivity contribution in [3.8, 4) is 0 Å². The van der Waals surface area contributed by atoms with Gasteiger partial charge in [-0.05, 0) is 32.1 Å². The van der Waals surface area contributed by atoms with Gasteiger partial charge in [0.15, 0.2) is 0 Å². The van der Waals surface area contributed by atoms with E-state index < -0.39 is 0 Å². The van der Waals surface area contributed by atoms with Crippen molar-refractivity contribution in [2.45, 2.75) is 59.0 Å². The van der Waals surface area contributed by atoms with Gasteiger partial charge in [-0.25, -0.2) is 0 Å². The number of nitrogens with zero attached hydrogens (tertiary/aromatic N) is 1. The predicted octanol–water partition coefficient (Wildman–Crippen LogP) is 2.04. The summed E-state index contributed by atoms with van der Waals surface area (Å²) in [5, 5.41) is 2.84. The van der Waals surface area contributed by atoms with Crippen molar-refractivity contribution in [1.82, 2.24) is 10.2 Å². The average Bonchev–Trinajstić information content (AvgIpc) is 2.83. The first kappa shape index (κ1) is 20.4. The van der Waals surface area contributed by atoms with Crippen LogP contribution in [0.1, 0.15) is 53.4 Å². The molecule has 0 radical (unpaired) electrons. The average molecular weight is 338 g/mol. The van der Waals surface area contributed by atoms with Gasteiger partial charge in [0, 0.05) is 38.3 Å². The van der Waals surface area contributed by atoms with Crippen LogP contribution < -0.4 is 5.32 Å². The van der Waals surface area contributed by atoms with Crippen molar-refractivity contribution < 1.29 is 19.1 Å². The molecule has 0 aromatic rings. The summed E-state index contributed by atoms with van der Waals surface area (Å²) in [4.78, 5) is 35.7. The molecule has 1 heterocycles. The van der Waals surface area contributed by atoms with Crippen LogP contribution in [0.2, 0.25) is 0 Å². The van der Waals surface area contributed by atoms with Crippen LogP contribution in [-0.2, 0) is 19.1 Å². The summed E-state index contributed by atoms with van der Waals surface area (Å²) in [6.45, 7) is 9.83. The fourth-order valence-electron chi connectivity index (χ4n) is 2.31. The Morgan fingerprint density at radius 2 is 1.92 bits per heavy atom. The maximum atomic E-state index is 11.9. The molecule has 1 N–H and O–H groups in total. The minimum atomic E-state index is -0.357. The van der Waals surface area contributed by atoms with E-state index in [9.17, 15) is 14.4 Å². The number of carbonyl (C=O) groups excluding carboxylic acids is 3. The standard InChI is InChI=1S/C18H30N2O4/c1-5-18(4,24-13-9-14(2)3)10-11-19-15(21)8-12-20-16(22)6-7-17(20)23/h6-7,14H,5,8-13H2,1-4H3,(H,19,21). The maximum Gasteiger partial charge on any atom is 0.253 e. The van der Waals surface area contributed by atoms with Crippen molar-refractivity contribution in [2.24, 2.45) is 5.92 Å². The van der Waals surface area contributed by atoms with E-state index in [0.29, 0.717) is 12.5 Å². The first-order chi connectivity index (χ1) is 11.3. The summed E-state index contributed by atoms with van der Waals surface area (Å²) >= 11 is 0. The summed E-state index contributed by atoms with van der Waals surface area (Å²) < 4.78 is 5.98. The first-order valence-electron chi connectivity index (χ1n) is 8.71. The molecule has 1 unspecified atom stereocenters. The second kappa shape index (κ2) is 9.57. The van der Waals surface area contributed by atoms with E-state index in [1.807, 2.05) is 0 Å². The van der Waals surface area contributed by atoms with E-state index in [1.54, 1.807) is 0 Å². The van der Waals surface area contributed by atoms with Crippen LogP contribution in [0.25, 0.3) is 0 Å². The monoisotopic (exact) mass is 338 g/mol. The van der Waals surface area contributed by atoms with Gasteiger partial charge in [0.1, 0.15) is 0 Å². The Kier molecular flexibility index (Phi) is 8.11. The predicted molar refractivity (Wildman–Crippen MR) is 92.2 cm³/mol. The summed E-state index contributed by atoms with van der Waals surface area (Å²) in [7, 11) is 0. The molecule has 0 saturated carbocycles. The Labute approximate surface area is 144 Å². The fourth-order valence-corrected chi connectivity index (χ4v) is 2.31. The zero-order valence-corrected chi connectivity index (χ0v) is 15.3. The van der Waals surface area contributed by atoms with Gasteiger partial charge in [0.2, 0.25) is 5.91 Å². The molecule has 0 saturated heterocycles. The molecular formula is C18H30N2O4. The van der Waals surface area contributed by atoms with Crippen LogP contribution in [0.4, 0.5) is 0 Å². The van der Waals surface area contributed by atoms with E-state index in [2.05, 4.69) is 33.0 Å². The Balaban J connectivity index is 2.25. The van der Waals surface area contributed by atoms with Crippen LogP contribution in [0.5, 0.6) is 0 Å². The zero-order chi connectivity index (χ0) is 18.2. The topological polar surface area (TPSA) is 75.7 Å². The van der Waals surface area contributed by atoms with Crippen molar-refractivity contribution in [1.29, 1.82) is 0 Å². The van der Waals surface area contributed by atoms with Crippen LogP contribution in [-0.4, -0.2) is 47.9 Å². The maximum absolute atomic E-state index is 11.9. The first-order valence-corrected chi connectivity index (χ1v) is 8.71. The summed E-state index contributed by atoms with van der Waals surface area (Å²) in [6.07, 6.45) is 5.20. The number of imide groups is 1. The highest BCUT2D eigenvalue weighted by atomic mass is 16.5. The van der Waals surface area contributed by atoms with Crippen molar-refractivity contribution >= 4 is 17.7 Å². The molecule has 3 amide bonds. The van der Waals surface area contributed by atoms with Crippen LogP contribution >= 0.6 is 0 Å².